The fourth-order valence-corrected chi connectivity index (χ4v) is 3.46. The van der Waals surface area contributed by atoms with Crippen molar-refractivity contribution in [3.8, 4) is 5.75 Å². The van der Waals surface area contributed by atoms with Crippen molar-refractivity contribution in [1.29, 1.82) is 0 Å². The number of aryl methyl sites for hydroxylation is 1. The van der Waals surface area contributed by atoms with Crippen molar-refractivity contribution in [2.24, 2.45) is 0 Å². The van der Waals surface area contributed by atoms with Crippen LogP contribution in [0, 0.1) is 6.92 Å². The van der Waals surface area contributed by atoms with E-state index < -0.39 is 0 Å². The number of hydrogen-bond acceptors (Lipinski definition) is 6. The number of piperazine rings is 1. The molecule has 1 aromatic heterocycles. The predicted molar refractivity (Wildman–Crippen MR) is 114 cm³/mol. The van der Waals surface area contributed by atoms with Gasteiger partial charge in [-0.25, -0.2) is 9.97 Å². The van der Waals surface area contributed by atoms with Crippen molar-refractivity contribution < 1.29 is 4.74 Å². The normalized spacial score (nSPS) is 14.1. The number of benzene rings is 2. The summed E-state index contributed by atoms with van der Waals surface area (Å²) >= 11 is 0. The second-order valence-electron chi connectivity index (χ2n) is 6.93. The largest absolute Gasteiger partial charge is 0.497 e. The first kappa shape index (κ1) is 18.1. The summed E-state index contributed by atoms with van der Waals surface area (Å²) in [6.07, 6.45) is 1.62. The standard InChI is InChI=1S/C22H25N5O/c1-17-5-3-7-19(13-17)26-9-11-27(12-10-26)22-15-21(23-16-24-22)25-18-6-4-8-20(14-18)28-2/h3-8,13-16H,9-12H2,1-2H3,(H,23,24,25). The predicted octanol–water partition coefficient (Wildman–Crippen LogP) is 3.86. The van der Waals surface area contributed by atoms with Gasteiger partial charge in [-0.3, -0.25) is 0 Å². The number of nitrogens with one attached hydrogen (secondary N) is 1. The van der Waals surface area contributed by atoms with Crippen molar-refractivity contribution in [1.82, 2.24) is 9.97 Å². The van der Waals surface area contributed by atoms with Crippen LogP contribution in [0.2, 0.25) is 0 Å². The molecule has 0 bridgehead atoms. The van der Waals surface area contributed by atoms with Crippen molar-refractivity contribution in [2.75, 3.05) is 48.4 Å². The Morgan fingerprint density at radius 3 is 2.46 bits per heavy atom. The minimum absolute atomic E-state index is 0.777. The average molecular weight is 375 g/mol. The van der Waals surface area contributed by atoms with Gasteiger partial charge >= 0.3 is 0 Å². The number of anilines is 4. The highest BCUT2D eigenvalue weighted by molar-refractivity contribution is 5.61. The minimum atomic E-state index is 0.777. The molecule has 1 N–H and O–H groups in total. The maximum absolute atomic E-state index is 5.28. The van der Waals surface area contributed by atoms with Gasteiger partial charge in [-0.15, -0.1) is 0 Å². The van der Waals surface area contributed by atoms with Crippen LogP contribution in [0.1, 0.15) is 5.56 Å². The van der Waals surface area contributed by atoms with Gasteiger partial charge in [-0.2, -0.15) is 0 Å². The zero-order valence-electron chi connectivity index (χ0n) is 16.3. The molecule has 28 heavy (non-hydrogen) atoms. The quantitative estimate of drug-likeness (QED) is 0.731. The molecule has 6 nitrogen and oxygen atoms in total. The van der Waals surface area contributed by atoms with E-state index in [9.17, 15) is 0 Å². The van der Waals surface area contributed by atoms with Crippen molar-refractivity contribution in [3.63, 3.8) is 0 Å². The van der Waals surface area contributed by atoms with Crippen molar-refractivity contribution in [3.05, 3.63) is 66.5 Å². The fraction of sp³-hybridized carbons (Fsp3) is 0.273. The van der Waals surface area contributed by atoms with E-state index in [1.54, 1.807) is 13.4 Å². The lowest BCUT2D eigenvalue weighted by atomic mass is 10.2. The third-order valence-corrected chi connectivity index (χ3v) is 4.97. The molecule has 0 spiro atoms. The monoisotopic (exact) mass is 375 g/mol. The van der Waals surface area contributed by atoms with E-state index >= 15 is 0 Å². The summed E-state index contributed by atoms with van der Waals surface area (Å²) in [6, 6.07) is 18.5. The highest BCUT2D eigenvalue weighted by atomic mass is 16.5. The van der Waals surface area contributed by atoms with Gasteiger partial charge in [0.1, 0.15) is 23.7 Å². The zero-order valence-corrected chi connectivity index (χ0v) is 16.3. The molecule has 6 heteroatoms. The van der Waals surface area contributed by atoms with Gasteiger partial charge in [-0.1, -0.05) is 18.2 Å². The van der Waals surface area contributed by atoms with Gasteiger partial charge < -0.3 is 19.9 Å². The molecule has 0 amide bonds. The summed E-state index contributed by atoms with van der Waals surface area (Å²) in [5.74, 6) is 2.54. The maximum Gasteiger partial charge on any atom is 0.135 e. The molecule has 4 rings (SSSR count). The van der Waals surface area contributed by atoms with Crippen LogP contribution in [0.4, 0.5) is 23.0 Å². The van der Waals surface area contributed by atoms with Crippen molar-refractivity contribution >= 4 is 23.0 Å². The number of nitrogens with zero attached hydrogens (tertiary/aromatic N) is 4. The SMILES string of the molecule is COc1cccc(Nc2cc(N3CCN(c4cccc(C)c4)CC3)ncn2)c1. The first-order chi connectivity index (χ1) is 13.7. The first-order valence-corrected chi connectivity index (χ1v) is 9.51. The Kier molecular flexibility index (Phi) is 5.28. The average Bonchev–Trinajstić information content (AvgIpc) is 2.74. The van der Waals surface area contributed by atoms with E-state index in [0.29, 0.717) is 0 Å². The van der Waals surface area contributed by atoms with Gasteiger partial charge in [0, 0.05) is 49.7 Å². The Morgan fingerprint density at radius 2 is 1.68 bits per heavy atom. The molecule has 0 atom stereocenters. The van der Waals surface area contributed by atoms with E-state index in [1.165, 1.54) is 11.3 Å². The Hall–Kier alpha value is -3.28. The van der Waals surface area contributed by atoms with Crippen LogP contribution in [0.3, 0.4) is 0 Å². The topological polar surface area (TPSA) is 53.5 Å². The number of rotatable bonds is 5. The summed E-state index contributed by atoms with van der Waals surface area (Å²) in [7, 11) is 1.66. The second-order valence-corrected chi connectivity index (χ2v) is 6.93. The van der Waals surface area contributed by atoms with E-state index in [-0.39, 0.29) is 0 Å². The van der Waals surface area contributed by atoms with Crippen LogP contribution in [-0.4, -0.2) is 43.3 Å². The van der Waals surface area contributed by atoms with Gasteiger partial charge in [0.2, 0.25) is 0 Å². The lowest BCUT2D eigenvalue weighted by molar-refractivity contribution is 0.415. The van der Waals surface area contributed by atoms with Gasteiger partial charge in [0.25, 0.3) is 0 Å². The Bertz CT molecular complexity index is 937. The summed E-state index contributed by atoms with van der Waals surface area (Å²) in [4.78, 5) is 13.6. The number of ether oxygens (including phenoxy) is 1. The molecule has 0 saturated carbocycles. The van der Waals surface area contributed by atoms with Gasteiger partial charge in [0.05, 0.1) is 7.11 Å². The third kappa shape index (κ3) is 4.17. The molecule has 0 radical (unpaired) electrons. The maximum atomic E-state index is 5.28. The lowest BCUT2D eigenvalue weighted by Crippen LogP contribution is -2.46. The van der Waals surface area contributed by atoms with Gasteiger partial charge in [-0.05, 0) is 36.8 Å². The molecular weight excluding hydrogens is 350 g/mol. The summed E-state index contributed by atoms with van der Waals surface area (Å²) in [5.41, 5.74) is 3.53. The smallest absolute Gasteiger partial charge is 0.135 e. The molecule has 3 aromatic rings. The van der Waals surface area contributed by atoms with Crippen LogP contribution in [-0.2, 0) is 0 Å². The first-order valence-electron chi connectivity index (χ1n) is 9.51. The van der Waals surface area contributed by atoms with E-state index in [0.717, 1.165) is 49.3 Å². The summed E-state index contributed by atoms with van der Waals surface area (Å²) in [6.45, 7) is 5.96. The molecule has 1 aliphatic heterocycles. The van der Waals surface area contributed by atoms with E-state index in [2.05, 4.69) is 56.3 Å². The number of methoxy groups -OCH3 is 1. The van der Waals surface area contributed by atoms with Crippen LogP contribution in [0.5, 0.6) is 5.75 Å². The van der Waals surface area contributed by atoms with Gasteiger partial charge in [0.15, 0.2) is 0 Å². The molecule has 0 aliphatic carbocycles. The third-order valence-electron chi connectivity index (χ3n) is 4.97. The minimum Gasteiger partial charge on any atom is -0.497 e. The second kappa shape index (κ2) is 8.17. The molecule has 144 valence electrons. The highest BCUT2D eigenvalue weighted by Gasteiger charge is 2.19. The fourth-order valence-electron chi connectivity index (χ4n) is 3.46. The molecule has 0 unspecified atom stereocenters. The summed E-state index contributed by atoms with van der Waals surface area (Å²) < 4.78 is 5.28. The van der Waals surface area contributed by atoms with Crippen LogP contribution in [0.15, 0.2) is 60.9 Å². The Morgan fingerprint density at radius 1 is 0.893 bits per heavy atom. The lowest BCUT2D eigenvalue weighted by Gasteiger charge is -2.36. The highest BCUT2D eigenvalue weighted by Crippen LogP contribution is 2.24. The molecule has 2 aromatic carbocycles. The Labute approximate surface area is 165 Å². The number of aromatic nitrogens is 2. The molecule has 1 aliphatic rings. The summed E-state index contributed by atoms with van der Waals surface area (Å²) in [5, 5.41) is 3.33. The van der Waals surface area contributed by atoms with Crippen LogP contribution < -0.4 is 19.9 Å². The molecule has 1 saturated heterocycles. The van der Waals surface area contributed by atoms with Crippen LogP contribution in [0.25, 0.3) is 0 Å². The Balaban J connectivity index is 1.42. The molecular formula is C22H25N5O. The molecule has 2 heterocycles. The zero-order chi connectivity index (χ0) is 19.3. The molecule has 1 fully saturated rings. The number of hydrogen-bond donors (Lipinski definition) is 1. The van der Waals surface area contributed by atoms with E-state index in [1.807, 2.05) is 30.3 Å². The van der Waals surface area contributed by atoms with E-state index in [4.69, 9.17) is 4.74 Å². The van der Waals surface area contributed by atoms with Crippen LogP contribution >= 0.6 is 0 Å². The van der Waals surface area contributed by atoms with Crippen molar-refractivity contribution in [2.45, 2.75) is 6.92 Å².